The van der Waals surface area contributed by atoms with Gasteiger partial charge < -0.3 is 5.32 Å². The molecule has 1 saturated carbocycles. The SMILES string of the molecule is O=C(NC1[C@@H]2C[C@H]1CN(Cc1ccccc1)C2)c1ccccc1. The Morgan fingerprint density at radius 3 is 2.22 bits per heavy atom. The molecular formula is C20H22N2O. The molecule has 0 spiro atoms. The molecule has 3 heteroatoms. The zero-order valence-corrected chi connectivity index (χ0v) is 13.2. The summed E-state index contributed by atoms with van der Waals surface area (Å²) in [6.07, 6.45) is 1.25. The maximum absolute atomic E-state index is 12.3. The predicted octanol–water partition coefficient (Wildman–Crippen LogP) is 2.94. The Labute approximate surface area is 137 Å². The molecule has 3 nitrogen and oxygen atoms in total. The summed E-state index contributed by atoms with van der Waals surface area (Å²) < 4.78 is 0. The van der Waals surface area contributed by atoms with Crippen molar-refractivity contribution < 1.29 is 4.79 Å². The summed E-state index contributed by atoms with van der Waals surface area (Å²) in [4.78, 5) is 14.9. The number of fused-ring (bicyclic) bond motifs is 2. The molecule has 23 heavy (non-hydrogen) atoms. The minimum absolute atomic E-state index is 0.0711. The van der Waals surface area contributed by atoms with Crippen LogP contribution in [-0.2, 0) is 6.54 Å². The first kappa shape index (κ1) is 14.5. The van der Waals surface area contributed by atoms with Gasteiger partial charge in [0.15, 0.2) is 0 Å². The van der Waals surface area contributed by atoms with E-state index in [9.17, 15) is 4.79 Å². The molecule has 1 amide bonds. The first-order chi connectivity index (χ1) is 11.3. The third-order valence-electron chi connectivity index (χ3n) is 5.19. The van der Waals surface area contributed by atoms with Gasteiger partial charge in [-0.3, -0.25) is 9.69 Å². The van der Waals surface area contributed by atoms with Gasteiger partial charge in [0, 0.05) is 31.2 Å². The van der Waals surface area contributed by atoms with Crippen LogP contribution in [0.1, 0.15) is 22.3 Å². The number of hydrogen-bond donors (Lipinski definition) is 1. The van der Waals surface area contributed by atoms with Crippen molar-refractivity contribution in [1.82, 2.24) is 10.2 Å². The Balaban J connectivity index is 1.34. The lowest BCUT2D eigenvalue weighted by atomic mass is 9.66. The van der Waals surface area contributed by atoms with Crippen molar-refractivity contribution in [3.63, 3.8) is 0 Å². The lowest BCUT2D eigenvalue weighted by Gasteiger charge is -2.53. The molecule has 0 aromatic heterocycles. The maximum Gasteiger partial charge on any atom is 0.251 e. The largest absolute Gasteiger partial charge is 0.349 e. The molecule has 2 aliphatic heterocycles. The Hall–Kier alpha value is -2.13. The lowest BCUT2D eigenvalue weighted by molar-refractivity contribution is -0.0162. The molecule has 0 radical (unpaired) electrons. The zero-order chi connectivity index (χ0) is 15.6. The Morgan fingerprint density at radius 1 is 0.957 bits per heavy atom. The van der Waals surface area contributed by atoms with Gasteiger partial charge in [0.2, 0.25) is 0 Å². The van der Waals surface area contributed by atoms with E-state index < -0.39 is 0 Å². The lowest BCUT2D eigenvalue weighted by Crippen LogP contribution is -2.64. The van der Waals surface area contributed by atoms with E-state index in [-0.39, 0.29) is 5.91 Å². The average molecular weight is 306 g/mol. The molecule has 2 bridgehead atoms. The van der Waals surface area contributed by atoms with Gasteiger partial charge in [0.1, 0.15) is 0 Å². The van der Waals surface area contributed by atoms with Gasteiger partial charge in [-0.25, -0.2) is 0 Å². The normalized spacial score (nSPS) is 26.3. The number of rotatable bonds is 4. The van der Waals surface area contributed by atoms with Crippen LogP contribution in [0.2, 0.25) is 0 Å². The van der Waals surface area contributed by atoms with Crippen LogP contribution in [0.25, 0.3) is 0 Å². The summed E-state index contributed by atoms with van der Waals surface area (Å²) in [7, 11) is 0. The summed E-state index contributed by atoms with van der Waals surface area (Å²) in [5.41, 5.74) is 2.14. The average Bonchev–Trinajstić information content (AvgIpc) is 2.61. The van der Waals surface area contributed by atoms with E-state index in [0.29, 0.717) is 17.9 Å². The molecule has 5 rings (SSSR count). The van der Waals surface area contributed by atoms with E-state index in [2.05, 4.69) is 40.5 Å². The van der Waals surface area contributed by atoms with E-state index >= 15 is 0 Å². The van der Waals surface area contributed by atoms with Gasteiger partial charge in [-0.15, -0.1) is 0 Å². The fraction of sp³-hybridized carbons (Fsp3) is 0.350. The van der Waals surface area contributed by atoms with Crippen LogP contribution in [0.15, 0.2) is 60.7 Å². The molecule has 3 fully saturated rings. The first-order valence-electron chi connectivity index (χ1n) is 8.42. The standard InChI is InChI=1S/C20H22N2O/c23-20(16-9-5-2-6-10-16)21-19-17-11-18(19)14-22(13-17)12-15-7-3-1-4-8-15/h1-10,17-19H,11-14H2,(H,21,23)/t17-,18+,19?. The molecule has 2 aromatic carbocycles. The minimum Gasteiger partial charge on any atom is -0.349 e. The maximum atomic E-state index is 12.3. The summed E-state index contributed by atoms with van der Waals surface area (Å²) in [6, 6.07) is 20.5. The van der Waals surface area contributed by atoms with Gasteiger partial charge in [-0.05, 0) is 36.0 Å². The highest BCUT2D eigenvalue weighted by atomic mass is 16.1. The van der Waals surface area contributed by atoms with E-state index in [1.54, 1.807) is 0 Å². The van der Waals surface area contributed by atoms with E-state index in [1.165, 1.54) is 12.0 Å². The smallest absolute Gasteiger partial charge is 0.251 e. The second-order valence-corrected chi connectivity index (χ2v) is 6.80. The second kappa shape index (κ2) is 6.17. The van der Waals surface area contributed by atoms with Crippen molar-refractivity contribution in [2.75, 3.05) is 13.1 Å². The highest BCUT2D eigenvalue weighted by Crippen LogP contribution is 2.40. The van der Waals surface area contributed by atoms with Gasteiger partial charge >= 0.3 is 0 Å². The van der Waals surface area contributed by atoms with Crippen LogP contribution >= 0.6 is 0 Å². The quantitative estimate of drug-likeness (QED) is 0.942. The molecule has 118 valence electrons. The fourth-order valence-electron chi connectivity index (χ4n) is 4.02. The van der Waals surface area contributed by atoms with Gasteiger partial charge in [0.25, 0.3) is 5.91 Å². The molecular weight excluding hydrogens is 284 g/mol. The van der Waals surface area contributed by atoms with Crippen molar-refractivity contribution in [2.24, 2.45) is 11.8 Å². The summed E-state index contributed by atoms with van der Waals surface area (Å²) in [5, 5.41) is 3.25. The number of nitrogens with one attached hydrogen (secondary N) is 1. The summed E-state index contributed by atoms with van der Waals surface area (Å²) in [6.45, 7) is 3.20. The number of piperidine rings is 2. The Bertz CT molecular complexity index is 659. The van der Waals surface area contributed by atoms with Crippen molar-refractivity contribution in [1.29, 1.82) is 0 Å². The molecule has 1 aliphatic carbocycles. The van der Waals surface area contributed by atoms with Crippen molar-refractivity contribution in [3.8, 4) is 0 Å². The first-order valence-corrected chi connectivity index (χ1v) is 8.42. The van der Waals surface area contributed by atoms with Gasteiger partial charge in [-0.1, -0.05) is 48.5 Å². The molecule has 1 N–H and O–H groups in total. The van der Waals surface area contributed by atoms with Crippen LogP contribution < -0.4 is 5.32 Å². The van der Waals surface area contributed by atoms with Crippen molar-refractivity contribution in [3.05, 3.63) is 71.8 Å². The van der Waals surface area contributed by atoms with Crippen molar-refractivity contribution in [2.45, 2.75) is 19.0 Å². The van der Waals surface area contributed by atoms with Crippen molar-refractivity contribution >= 4 is 5.91 Å². The van der Waals surface area contributed by atoms with Crippen LogP contribution in [0.4, 0.5) is 0 Å². The summed E-state index contributed by atoms with van der Waals surface area (Å²) in [5.74, 6) is 1.28. The highest BCUT2D eigenvalue weighted by molar-refractivity contribution is 5.94. The van der Waals surface area contributed by atoms with E-state index in [4.69, 9.17) is 0 Å². The summed E-state index contributed by atoms with van der Waals surface area (Å²) >= 11 is 0. The number of benzene rings is 2. The predicted molar refractivity (Wildman–Crippen MR) is 91.0 cm³/mol. The number of carbonyl (C=O) groups excluding carboxylic acids is 1. The minimum atomic E-state index is 0.0711. The molecule has 2 aromatic rings. The number of nitrogens with zero attached hydrogens (tertiary/aromatic N) is 1. The Morgan fingerprint density at radius 2 is 1.57 bits per heavy atom. The molecule has 2 saturated heterocycles. The molecule has 1 unspecified atom stereocenters. The van der Waals surface area contributed by atoms with Gasteiger partial charge in [0.05, 0.1) is 0 Å². The van der Waals surface area contributed by atoms with Crippen LogP contribution in [-0.4, -0.2) is 29.9 Å². The number of amides is 1. The number of carbonyl (C=O) groups is 1. The van der Waals surface area contributed by atoms with Crippen LogP contribution in [0.3, 0.4) is 0 Å². The monoisotopic (exact) mass is 306 g/mol. The van der Waals surface area contributed by atoms with Gasteiger partial charge in [-0.2, -0.15) is 0 Å². The Kier molecular flexibility index (Phi) is 3.88. The fourth-order valence-corrected chi connectivity index (χ4v) is 4.02. The topological polar surface area (TPSA) is 32.3 Å². The highest BCUT2D eigenvalue weighted by Gasteiger charge is 2.47. The second-order valence-electron chi connectivity index (χ2n) is 6.80. The molecule has 3 aliphatic rings. The third kappa shape index (κ3) is 3.02. The van der Waals surface area contributed by atoms with Crippen LogP contribution in [0, 0.1) is 11.8 Å². The van der Waals surface area contributed by atoms with Crippen LogP contribution in [0.5, 0.6) is 0 Å². The zero-order valence-electron chi connectivity index (χ0n) is 13.2. The third-order valence-corrected chi connectivity index (χ3v) is 5.19. The molecule has 2 heterocycles. The van der Waals surface area contributed by atoms with E-state index in [1.807, 2.05) is 30.3 Å². The molecule has 3 atom stereocenters. The van der Waals surface area contributed by atoms with E-state index in [0.717, 1.165) is 25.2 Å². The number of hydrogen-bond acceptors (Lipinski definition) is 2.